The smallest absolute Gasteiger partial charge is 0.261 e. The predicted octanol–water partition coefficient (Wildman–Crippen LogP) is 2.76. The van der Waals surface area contributed by atoms with Crippen LogP contribution in [0.2, 0.25) is 0 Å². The molecule has 0 N–H and O–H groups in total. The Hall–Kier alpha value is -0.920. The van der Waals surface area contributed by atoms with Gasteiger partial charge in [0.05, 0.1) is 4.90 Å². The van der Waals surface area contributed by atoms with Crippen LogP contribution in [-0.4, -0.2) is 39.6 Å². The van der Waals surface area contributed by atoms with E-state index in [1.165, 1.54) is 6.42 Å². The van der Waals surface area contributed by atoms with Crippen LogP contribution < -0.4 is 4.74 Å². The zero-order valence-corrected chi connectivity index (χ0v) is 12.9. The molecular formula is C13H16ClF2NO3S. The average Bonchev–Trinajstić information content (AvgIpc) is 2.42. The van der Waals surface area contributed by atoms with Crippen molar-refractivity contribution in [3.05, 3.63) is 23.8 Å². The summed E-state index contributed by atoms with van der Waals surface area (Å²) in [6.07, 6.45) is 3.44. The Morgan fingerprint density at radius 1 is 1.14 bits per heavy atom. The number of nitrogens with zero attached hydrogens (tertiary/aromatic N) is 1. The molecule has 4 nitrogen and oxygen atoms in total. The number of piperidine rings is 1. The summed E-state index contributed by atoms with van der Waals surface area (Å²) in [6, 6.07) is 1.31. The van der Waals surface area contributed by atoms with Crippen molar-refractivity contribution in [2.24, 2.45) is 0 Å². The Balaban J connectivity index is 2.00. The molecule has 1 aliphatic rings. The lowest BCUT2D eigenvalue weighted by molar-refractivity contribution is 0.177. The highest BCUT2D eigenvalue weighted by molar-refractivity contribution is 8.13. The molecule has 0 amide bonds. The Labute approximate surface area is 127 Å². The van der Waals surface area contributed by atoms with Gasteiger partial charge in [-0.2, -0.15) is 0 Å². The van der Waals surface area contributed by atoms with Gasteiger partial charge in [0, 0.05) is 17.2 Å². The van der Waals surface area contributed by atoms with Gasteiger partial charge in [0.2, 0.25) is 0 Å². The number of benzene rings is 1. The van der Waals surface area contributed by atoms with E-state index in [0.717, 1.165) is 25.9 Å². The highest BCUT2D eigenvalue weighted by atomic mass is 35.7. The Morgan fingerprint density at radius 3 is 2.24 bits per heavy atom. The first kappa shape index (κ1) is 16.5. The quantitative estimate of drug-likeness (QED) is 0.774. The summed E-state index contributed by atoms with van der Waals surface area (Å²) < 4.78 is 54.6. The molecule has 1 heterocycles. The summed E-state index contributed by atoms with van der Waals surface area (Å²) >= 11 is 0. The third kappa shape index (κ3) is 4.52. The van der Waals surface area contributed by atoms with Crippen LogP contribution in [0.15, 0.2) is 17.0 Å². The SMILES string of the molecule is O=S(=O)(Cl)c1cc(F)c(OCCN2CCCCC2)c(F)c1. The topological polar surface area (TPSA) is 46.6 Å². The number of likely N-dealkylation sites (tertiary alicyclic amines) is 1. The fraction of sp³-hybridized carbons (Fsp3) is 0.538. The van der Waals surface area contributed by atoms with Gasteiger partial charge in [0.15, 0.2) is 17.4 Å². The van der Waals surface area contributed by atoms with Crippen LogP contribution in [0, 0.1) is 11.6 Å². The monoisotopic (exact) mass is 339 g/mol. The van der Waals surface area contributed by atoms with Gasteiger partial charge in [-0.15, -0.1) is 0 Å². The van der Waals surface area contributed by atoms with Crippen molar-refractivity contribution >= 4 is 19.7 Å². The van der Waals surface area contributed by atoms with Gasteiger partial charge in [-0.25, -0.2) is 17.2 Å². The van der Waals surface area contributed by atoms with E-state index in [0.29, 0.717) is 18.7 Å². The second-order valence-corrected chi connectivity index (χ2v) is 7.47. The molecule has 0 atom stereocenters. The number of ether oxygens (including phenoxy) is 1. The Morgan fingerprint density at radius 2 is 1.71 bits per heavy atom. The van der Waals surface area contributed by atoms with Crippen molar-refractivity contribution in [2.45, 2.75) is 24.2 Å². The van der Waals surface area contributed by atoms with Gasteiger partial charge in [-0.1, -0.05) is 6.42 Å². The summed E-state index contributed by atoms with van der Waals surface area (Å²) in [7, 11) is 0.878. The molecule has 0 unspecified atom stereocenters. The molecule has 1 saturated heterocycles. The lowest BCUT2D eigenvalue weighted by Crippen LogP contribution is -2.33. The van der Waals surface area contributed by atoms with E-state index in [4.69, 9.17) is 15.4 Å². The van der Waals surface area contributed by atoms with Gasteiger partial charge in [-0.05, 0) is 38.1 Å². The molecule has 0 aliphatic carbocycles. The van der Waals surface area contributed by atoms with E-state index in [9.17, 15) is 17.2 Å². The van der Waals surface area contributed by atoms with Crippen LogP contribution in [-0.2, 0) is 9.05 Å². The van der Waals surface area contributed by atoms with Crippen LogP contribution in [0.5, 0.6) is 5.75 Å². The first-order chi connectivity index (χ1) is 9.88. The maximum absolute atomic E-state index is 13.7. The number of hydrogen-bond acceptors (Lipinski definition) is 4. The first-order valence-electron chi connectivity index (χ1n) is 6.67. The molecule has 0 aromatic heterocycles. The van der Waals surface area contributed by atoms with E-state index in [2.05, 4.69) is 4.90 Å². The third-order valence-electron chi connectivity index (χ3n) is 3.36. The zero-order chi connectivity index (χ0) is 15.5. The molecule has 1 aromatic rings. The normalized spacial score (nSPS) is 16.9. The van der Waals surface area contributed by atoms with E-state index < -0.39 is 31.3 Å². The molecule has 2 rings (SSSR count). The van der Waals surface area contributed by atoms with E-state index in [-0.39, 0.29) is 6.61 Å². The van der Waals surface area contributed by atoms with Gasteiger partial charge in [0.1, 0.15) is 6.61 Å². The summed E-state index contributed by atoms with van der Waals surface area (Å²) in [5.41, 5.74) is 0. The molecule has 1 aliphatic heterocycles. The highest BCUT2D eigenvalue weighted by Gasteiger charge is 2.19. The maximum atomic E-state index is 13.7. The zero-order valence-electron chi connectivity index (χ0n) is 11.3. The molecule has 0 bridgehead atoms. The van der Waals surface area contributed by atoms with Gasteiger partial charge in [-0.3, -0.25) is 4.90 Å². The lowest BCUT2D eigenvalue weighted by atomic mass is 10.1. The van der Waals surface area contributed by atoms with Crippen LogP contribution in [0.3, 0.4) is 0 Å². The minimum Gasteiger partial charge on any atom is -0.486 e. The largest absolute Gasteiger partial charge is 0.486 e. The van der Waals surface area contributed by atoms with Crippen LogP contribution in [0.25, 0.3) is 0 Å². The van der Waals surface area contributed by atoms with Crippen molar-refractivity contribution in [1.82, 2.24) is 4.90 Å². The second-order valence-electron chi connectivity index (χ2n) is 4.90. The number of halogens is 3. The van der Waals surface area contributed by atoms with Crippen LogP contribution in [0.4, 0.5) is 8.78 Å². The predicted molar refractivity (Wildman–Crippen MR) is 75.2 cm³/mol. The summed E-state index contributed by atoms with van der Waals surface area (Å²) in [6.45, 7) is 2.63. The number of rotatable bonds is 5. The van der Waals surface area contributed by atoms with Crippen molar-refractivity contribution in [1.29, 1.82) is 0 Å². The minimum atomic E-state index is -4.17. The summed E-state index contributed by atoms with van der Waals surface area (Å²) in [5.74, 6) is -2.73. The fourth-order valence-electron chi connectivity index (χ4n) is 2.28. The molecule has 0 saturated carbocycles. The second kappa shape index (κ2) is 6.89. The molecule has 0 radical (unpaired) electrons. The standard InChI is InChI=1S/C13H16ClF2NO3S/c14-21(18,19)10-8-11(15)13(12(16)9-10)20-7-6-17-4-2-1-3-5-17/h8-9H,1-7H2. The van der Waals surface area contributed by atoms with E-state index in [1.807, 2.05) is 0 Å². The third-order valence-corrected chi connectivity index (χ3v) is 4.69. The van der Waals surface area contributed by atoms with Crippen molar-refractivity contribution < 1.29 is 21.9 Å². The molecular weight excluding hydrogens is 324 g/mol. The molecule has 1 fully saturated rings. The van der Waals surface area contributed by atoms with E-state index >= 15 is 0 Å². The highest BCUT2D eigenvalue weighted by Crippen LogP contribution is 2.27. The Bertz CT molecular complexity index is 580. The maximum Gasteiger partial charge on any atom is 0.261 e. The van der Waals surface area contributed by atoms with Crippen LogP contribution in [0.1, 0.15) is 19.3 Å². The van der Waals surface area contributed by atoms with Gasteiger partial charge >= 0.3 is 0 Å². The Kier molecular flexibility index (Phi) is 5.40. The van der Waals surface area contributed by atoms with Crippen molar-refractivity contribution in [3.8, 4) is 5.75 Å². The van der Waals surface area contributed by atoms with Gasteiger partial charge in [0.25, 0.3) is 9.05 Å². The van der Waals surface area contributed by atoms with Gasteiger partial charge < -0.3 is 4.74 Å². The molecule has 21 heavy (non-hydrogen) atoms. The summed E-state index contributed by atoms with van der Waals surface area (Å²) in [4.78, 5) is 1.54. The minimum absolute atomic E-state index is 0.140. The molecule has 8 heteroatoms. The van der Waals surface area contributed by atoms with Crippen molar-refractivity contribution in [3.63, 3.8) is 0 Å². The molecule has 118 valence electrons. The van der Waals surface area contributed by atoms with E-state index in [1.54, 1.807) is 0 Å². The summed E-state index contributed by atoms with van der Waals surface area (Å²) in [5, 5.41) is 0. The fourth-order valence-corrected chi connectivity index (χ4v) is 3.03. The lowest BCUT2D eigenvalue weighted by Gasteiger charge is -2.26. The average molecular weight is 340 g/mol. The van der Waals surface area contributed by atoms with Crippen LogP contribution >= 0.6 is 10.7 Å². The number of hydrogen-bond donors (Lipinski definition) is 0. The molecule has 1 aromatic carbocycles. The first-order valence-corrected chi connectivity index (χ1v) is 8.98. The van der Waals surface area contributed by atoms with Crippen molar-refractivity contribution in [2.75, 3.05) is 26.2 Å². The molecule has 0 spiro atoms.